The minimum absolute atomic E-state index is 0.0291. The van der Waals surface area contributed by atoms with Crippen molar-refractivity contribution in [3.05, 3.63) is 12.7 Å². The molecule has 2 atom stereocenters. The first-order chi connectivity index (χ1) is 5.49. The van der Waals surface area contributed by atoms with Crippen molar-refractivity contribution >= 4 is 11.7 Å². The highest BCUT2D eigenvalue weighted by Crippen LogP contribution is 2.14. The molecule has 3 nitrogen and oxygen atoms in total. The van der Waals surface area contributed by atoms with E-state index in [0.29, 0.717) is 0 Å². The highest BCUT2D eigenvalue weighted by Gasteiger charge is 2.16. The number of hydrogen-bond donors (Lipinski definition) is 2. The molecule has 0 aliphatic heterocycles. The van der Waals surface area contributed by atoms with Crippen molar-refractivity contribution in [3.8, 4) is 0 Å². The summed E-state index contributed by atoms with van der Waals surface area (Å²) in [5.41, 5.74) is 0.259. The fourth-order valence-corrected chi connectivity index (χ4v) is 0.845. The lowest BCUT2D eigenvalue weighted by molar-refractivity contribution is -0.135. The first-order valence-corrected chi connectivity index (χ1v) is 3.90. The Bertz CT molecular complexity index is 199. The van der Waals surface area contributed by atoms with Crippen molar-refractivity contribution in [2.45, 2.75) is 20.3 Å². The largest absolute Gasteiger partial charge is 0.481 e. The maximum absolute atomic E-state index is 10.3. The predicted molar refractivity (Wildman–Crippen MR) is 48.5 cm³/mol. The smallest absolute Gasteiger partial charge is 0.309 e. The summed E-state index contributed by atoms with van der Waals surface area (Å²) in [6.07, 6.45) is 1.57. The summed E-state index contributed by atoms with van der Waals surface area (Å²) in [6.45, 7) is 7.37. The van der Waals surface area contributed by atoms with Crippen LogP contribution in [0.2, 0.25) is 0 Å². The molecule has 0 aliphatic rings. The number of nitrogens with one attached hydrogen (secondary N) is 1. The van der Waals surface area contributed by atoms with E-state index in [1.807, 2.05) is 13.8 Å². The molecule has 0 aromatic heterocycles. The average Bonchev–Trinajstić information content (AvgIpc) is 2.00. The van der Waals surface area contributed by atoms with Crippen LogP contribution in [-0.4, -0.2) is 16.8 Å². The molecule has 0 radical (unpaired) electrons. The van der Waals surface area contributed by atoms with Crippen LogP contribution in [0.4, 0.5) is 0 Å². The van der Waals surface area contributed by atoms with E-state index in [2.05, 4.69) is 6.58 Å². The van der Waals surface area contributed by atoms with E-state index in [1.54, 1.807) is 6.08 Å². The van der Waals surface area contributed by atoms with Crippen LogP contribution in [0.3, 0.4) is 0 Å². The Balaban J connectivity index is 4.09. The number of carbonyl (C=O) groups is 1. The van der Waals surface area contributed by atoms with Crippen LogP contribution in [-0.2, 0) is 4.79 Å². The molecule has 3 heteroatoms. The molecular formula is C9H15NO2. The summed E-state index contributed by atoms with van der Waals surface area (Å²) >= 11 is 0. The van der Waals surface area contributed by atoms with E-state index in [4.69, 9.17) is 10.5 Å². The van der Waals surface area contributed by atoms with Gasteiger partial charge >= 0.3 is 5.97 Å². The lowest BCUT2D eigenvalue weighted by Crippen LogP contribution is -2.19. The number of rotatable bonds is 5. The van der Waals surface area contributed by atoms with E-state index in [1.165, 1.54) is 0 Å². The number of aliphatic carboxylic acids is 1. The molecule has 2 N–H and O–H groups in total. The molecule has 0 saturated carbocycles. The van der Waals surface area contributed by atoms with Gasteiger partial charge in [0.1, 0.15) is 0 Å². The van der Waals surface area contributed by atoms with Gasteiger partial charge in [0.15, 0.2) is 0 Å². The molecule has 0 fully saturated rings. The second-order valence-electron chi connectivity index (χ2n) is 2.98. The first kappa shape index (κ1) is 10.9. The minimum Gasteiger partial charge on any atom is -0.481 e. The van der Waals surface area contributed by atoms with E-state index in [0.717, 1.165) is 0 Å². The van der Waals surface area contributed by atoms with Crippen LogP contribution in [0.15, 0.2) is 12.7 Å². The molecule has 68 valence electrons. The molecule has 0 spiro atoms. The van der Waals surface area contributed by atoms with Gasteiger partial charge < -0.3 is 10.5 Å². The van der Waals surface area contributed by atoms with Crippen molar-refractivity contribution in [1.29, 1.82) is 5.41 Å². The molecule has 0 aromatic carbocycles. The van der Waals surface area contributed by atoms with Gasteiger partial charge in [-0.1, -0.05) is 19.9 Å². The summed E-state index contributed by atoms with van der Waals surface area (Å²) < 4.78 is 0. The van der Waals surface area contributed by atoms with E-state index >= 15 is 0 Å². The Morgan fingerprint density at radius 1 is 1.67 bits per heavy atom. The Morgan fingerprint density at radius 3 is 2.50 bits per heavy atom. The van der Waals surface area contributed by atoms with Gasteiger partial charge in [0.05, 0.1) is 6.42 Å². The van der Waals surface area contributed by atoms with Crippen molar-refractivity contribution in [2.24, 2.45) is 11.8 Å². The zero-order chi connectivity index (χ0) is 9.72. The van der Waals surface area contributed by atoms with Gasteiger partial charge in [-0.15, -0.1) is 6.58 Å². The van der Waals surface area contributed by atoms with E-state index < -0.39 is 5.97 Å². The van der Waals surface area contributed by atoms with Crippen LogP contribution in [0, 0.1) is 17.2 Å². The maximum atomic E-state index is 10.3. The Kier molecular flexibility index (Phi) is 4.26. The third-order valence-electron chi connectivity index (χ3n) is 2.05. The van der Waals surface area contributed by atoms with Gasteiger partial charge in [0, 0.05) is 11.6 Å². The van der Waals surface area contributed by atoms with Gasteiger partial charge in [0.25, 0.3) is 0 Å². The van der Waals surface area contributed by atoms with Gasteiger partial charge in [-0.05, 0) is 5.92 Å². The number of allylic oxidation sites excluding steroid dienone is 1. The summed E-state index contributed by atoms with van der Waals surface area (Å²) in [4.78, 5) is 10.3. The highest BCUT2D eigenvalue weighted by molar-refractivity contribution is 5.97. The Hall–Kier alpha value is -1.12. The standard InChI is InChI=1S/C9H15NO2/c1-4-6(2)7(3)8(10)5-9(11)12/h4,6-7,10H,1,5H2,2-3H3,(H,11,12)/t6-,7-/m1/s1. The topological polar surface area (TPSA) is 61.2 Å². The zero-order valence-corrected chi connectivity index (χ0v) is 7.50. The first-order valence-electron chi connectivity index (χ1n) is 3.90. The molecule has 0 heterocycles. The van der Waals surface area contributed by atoms with Crippen LogP contribution >= 0.6 is 0 Å². The second kappa shape index (κ2) is 4.70. The van der Waals surface area contributed by atoms with Crippen molar-refractivity contribution < 1.29 is 9.90 Å². The Labute approximate surface area is 72.6 Å². The maximum Gasteiger partial charge on any atom is 0.309 e. The zero-order valence-electron chi connectivity index (χ0n) is 7.50. The molecule has 0 rings (SSSR count). The van der Waals surface area contributed by atoms with Gasteiger partial charge in [-0.3, -0.25) is 4.79 Å². The third-order valence-corrected chi connectivity index (χ3v) is 2.05. The summed E-state index contributed by atoms with van der Waals surface area (Å²) in [6, 6.07) is 0. The lowest BCUT2D eigenvalue weighted by atomic mass is 9.90. The SMILES string of the molecule is C=C[C@@H](C)[C@@H](C)C(=N)CC(=O)O. The van der Waals surface area contributed by atoms with Crippen LogP contribution < -0.4 is 0 Å². The number of carboxylic acids is 1. The molecular weight excluding hydrogens is 154 g/mol. The third kappa shape index (κ3) is 3.32. The van der Waals surface area contributed by atoms with Crippen molar-refractivity contribution in [3.63, 3.8) is 0 Å². The fourth-order valence-electron chi connectivity index (χ4n) is 0.845. The summed E-state index contributed by atoms with van der Waals surface area (Å²) in [5.74, 6) is -0.807. The predicted octanol–water partition coefficient (Wildman–Crippen LogP) is 1.94. The quantitative estimate of drug-likeness (QED) is 0.488. The molecule has 0 aromatic rings. The highest BCUT2D eigenvalue weighted by atomic mass is 16.4. The molecule has 0 amide bonds. The number of hydrogen-bond acceptors (Lipinski definition) is 2. The average molecular weight is 169 g/mol. The number of carboxylic acid groups (broad SMARTS) is 1. The van der Waals surface area contributed by atoms with Gasteiger partial charge in [-0.2, -0.15) is 0 Å². The van der Waals surface area contributed by atoms with Crippen LogP contribution in [0.1, 0.15) is 20.3 Å². The molecule has 0 bridgehead atoms. The van der Waals surface area contributed by atoms with E-state index in [-0.39, 0.29) is 24.0 Å². The normalized spacial score (nSPS) is 14.8. The van der Waals surface area contributed by atoms with Crippen molar-refractivity contribution in [1.82, 2.24) is 0 Å². The second-order valence-corrected chi connectivity index (χ2v) is 2.98. The van der Waals surface area contributed by atoms with Crippen LogP contribution in [0.25, 0.3) is 0 Å². The van der Waals surface area contributed by atoms with Gasteiger partial charge in [0.2, 0.25) is 0 Å². The molecule has 0 unspecified atom stereocenters. The van der Waals surface area contributed by atoms with E-state index in [9.17, 15) is 4.79 Å². The minimum atomic E-state index is -0.942. The summed E-state index contributed by atoms with van der Waals surface area (Å²) in [7, 11) is 0. The summed E-state index contributed by atoms with van der Waals surface area (Å²) in [5, 5.41) is 15.9. The molecule has 0 saturated heterocycles. The van der Waals surface area contributed by atoms with Crippen LogP contribution in [0.5, 0.6) is 0 Å². The lowest BCUT2D eigenvalue weighted by Gasteiger charge is -2.15. The monoisotopic (exact) mass is 169 g/mol. The van der Waals surface area contributed by atoms with Gasteiger partial charge in [-0.25, -0.2) is 0 Å². The molecule has 12 heavy (non-hydrogen) atoms. The molecule has 0 aliphatic carbocycles. The fraction of sp³-hybridized carbons (Fsp3) is 0.556. The Morgan fingerprint density at radius 2 is 2.17 bits per heavy atom. The van der Waals surface area contributed by atoms with Crippen molar-refractivity contribution in [2.75, 3.05) is 0 Å².